The van der Waals surface area contributed by atoms with Crippen molar-refractivity contribution in [3.63, 3.8) is 0 Å². The summed E-state index contributed by atoms with van der Waals surface area (Å²) in [5, 5.41) is 12.6. The molecular formula is C21H19NO5. The minimum Gasteiger partial charge on any atom is -0.480 e. The van der Waals surface area contributed by atoms with E-state index in [4.69, 9.17) is 4.42 Å². The molecule has 0 unspecified atom stereocenters. The fourth-order valence-electron chi connectivity index (χ4n) is 2.96. The molecular weight excluding hydrogens is 346 g/mol. The zero-order valence-corrected chi connectivity index (χ0v) is 14.8. The highest BCUT2D eigenvalue weighted by molar-refractivity contribution is 5.89. The van der Waals surface area contributed by atoms with Crippen LogP contribution in [-0.2, 0) is 22.4 Å². The number of carboxylic acid groups (broad SMARTS) is 1. The van der Waals surface area contributed by atoms with Crippen LogP contribution in [0.3, 0.4) is 0 Å². The second-order valence-corrected chi connectivity index (χ2v) is 6.42. The number of hydrogen-bond donors (Lipinski definition) is 2. The Hall–Kier alpha value is -3.41. The first-order valence-electron chi connectivity index (χ1n) is 8.52. The standard InChI is InChI=1S/C21H19NO5/c1-13-7-8-18-16(9-13)15(12-20(24)27-18)11-19(23)22-17(21(25)26)10-14-5-3-2-4-6-14/h2-9,12,17H,10-11H2,1H3,(H,22,23)(H,25,26)/t17-/m0/s1. The molecule has 1 aromatic heterocycles. The molecule has 0 aliphatic rings. The van der Waals surface area contributed by atoms with Crippen molar-refractivity contribution >= 4 is 22.8 Å². The van der Waals surface area contributed by atoms with Gasteiger partial charge in [-0.2, -0.15) is 0 Å². The van der Waals surface area contributed by atoms with Crippen LogP contribution in [0.15, 0.2) is 63.8 Å². The van der Waals surface area contributed by atoms with E-state index in [1.165, 1.54) is 6.07 Å². The van der Waals surface area contributed by atoms with Crippen LogP contribution in [0.25, 0.3) is 11.0 Å². The SMILES string of the molecule is Cc1ccc2oc(=O)cc(CC(=O)N[C@@H](Cc3ccccc3)C(=O)O)c2c1. The number of amides is 1. The molecule has 2 aromatic carbocycles. The Balaban J connectivity index is 1.80. The molecule has 0 aliphatic heterocycles. The average Bonchev–Trinajstić information content (AvgIpc) is 2.62. The highest BCUT2D eigenvalue weighted by atomic mass is 16.4. The first-order valence-corrected chi connectivity index (χ1v) is 8.52. The minimum atomic E-state index is -1.11. The second-order valence-electron chi connectivity index (χ2n) is 6.42. The van der Waals surface area contributed by atoms with Crippen molar-refractivity contribution in [2.24, 2.45) is 0 Å². The van der Waals surface area contributed by atoms with Gasteiger partial charge in [-0.15, -0.1) is 0 Å². The molecule has 1 heterocycles. The summed E-state index contributed by atoms with van der Waals surface area (Å²) in [5.74, 6) is -1.58. The Morgan fingerprint density at radius 3 is 2.56 bits per heavy atom. The molecule has 3 rings (SSSR count). The van der Waals surface area contributed by atoms with Crippen molar-refractivity contribution in [3.05, 3.63) is 81.7 Å². The zero-order chi connectivity index (χ0) is 19.4. The molecule has 6 heteroatoms. The van der Waals surface area contributed by atoms with Gasteiger partial charge in [0.15, 0.2) is 0 Å². The van der Waals surface area contributed by atoms with Gasteiger partial charge in [0.25, 0.3) is 0 Å². The summed E-state index contributed by atoms with van der Waals surface area (Å²) < 4.78 is 5.16. The molecule has 0 saturated heterocycles. The van der Waals surface area contributed by atoms with E-state index in [9.17, 15) is 19.5 Å². The summed E-state index contributed by atoms with van der Waals surface area (Å²) in [7, 11) is 0. The number of rotatable bonds is 6. The third-order valence-electron chi connectivity index (χ3n) is 4.25. The molecule has 3 aromatic rings. The normalized spacial score (nSPS) is 11.9. The number of nitrogens with one attached hydrogen (secondary N) is 1. The Kier molecular flexibility index (Phi) is 5.35. The molecule has 0 spiro atoms. The van der Waals surface area contributed by atoms with Gasteiger partial charge >= 0.3 is 11.6 Å². The topological polar surface area (TPSA) is 96.6 Å². The molecule has 138 valence electrons. The number of carbonyl (C=O) groups excluding carboxylic acids is 1. The molecule has 27 heavy (non-hydrogen) atoms. The summed E-state index contributed by atoms with van der Waals surface area (Å²) in [4.78, 5) is 35.7. The van der Waals surface area contributed by atoms with Gasteiger partial charge < -0.3 is 14.8 Å². The summed E-state index contributed by atoms with van der Waals surface area (Å²) in [6.45, 7) is 1.90. The number of benzene rings is 2. The number of hydrogen-bond acceptors (Lipinski definition) is 4. The average molecular weight is 365 g/mol. The minimum absolute atomic E-state index is 0.107. The monoisotopic (exact) mass is 365 g/mol. The number of fused-ring (bicyclic) bond motifs is 1. The van der Waals surface area contributed by atoms with E-state index in [-0.39, 0.29) is 12.8 Å². The van der Waals surface area contributed by atoms with Gasteiger partial charge in [0.05, 0.1) is 6.42 Å². The van der Waals surface area contributed by atoms with Gasteiger partial charge in [0.1, 0.15) is 11.6 Å². The van der Waals surface area contributed by atoms with Gasteiger partial charge in [0.2, 0.25) is 5.91 Å². The summed E-state index contributed by atoms with van der Waals surface area (Å²) in [6, 6.07) is 14.6. The lowest BCUT2D eigenvalue weighted by Crippen LogP contribution is -2.43. The largest absolute Gasteiger partial charge is 0.480 e. The van der Waals surface area contributed by atoms with E-state index in [0.29, 0.717) is 16.5 Å². The molecule has 0 saturated carbocycles. The molecule has 0 fully saturated rings. The fraction of sp³-hybridized carbons (Fsp3) is 0.190. The number of aryl methyl sites for hydroxylation is 1. The molecule has 2 N–H and O–H groups in total. The number of aliphatic carboxylic acids is 1. The van der Waals surface area contributed by atoms with Gasteiger partial charge in [-0.1, -0.05) is 42.0 Å². The predicted octanol–water partition coefficient (Wildman–Crippen LogP) is 2.46. The molecule has 1 atom stereocenters. The predicted molar refractivity (Wildman–Crippen MR) is 101 cm³/mol. The lowest BCUT2D eigenvalue weighted by atomic mass is 10.0. The zero-order valence-electron chi connectivity index (χ0n) is 14.8. The van der Waals surface area contributed by atoms with Crippen molar-refractivity contribution in [2.45, 2.75) is 25.8 Å². The van der Waals surface area contributed by atoms with Crippen LogP contribution < -0.4 is 10.9 Å². The van der Waals surface area contributed by atoms with Gasteiger partial charge in [0, 0.05) is 17.9 Å². The van der Waals surface area contributed by atoms with E-state index in [0.717, 1.165) is 11.1 Å². The third-order valence-corrected chi connectivity index (χ3v) is 4.25. The van der Waals surface area contributed by atoms with E-state index >= 15 is 0 Å². The van der Waals surface area contributed by atoms with Crippen molar-refractivity contribution in [2.75, 3.05) is 0 Å². The maximum Gasteiger partial charge on any atom is 0.336 e. The van der Waals surface area contributed by atoms with Gasteiger partial charge in [-0.3, -0.25) is 4.79 Å². The lowest BCUT2D eigenvalue weighted by Gasteiger charge is -2.15. The molecule has 0 radical (unpaired) electrons. The van der Waals surface area contributed by atoms with Gasteiger partial charge in [-0.25, -0.2) is 9.59 Å². The number of carboxylic acids is 1. The van der Waals surface area contributed by atoms with Gasteiger partial charge in [-0.05, 0) is 30.2 Å². The van der Waals surface area contributed by atoms with Crippen molar-refractivity contribution < 1.29 is 19.1 Å². The summed E-state index contributed by atoms with van der Waals surface area (Å²) >= 11 is 0. The third kappa shape index (κ3) is 4.61. The van der Waals surface area contributed by atoms with E-state index in [1.54, 1.807) is 18.2 Å². The van der Waals surface area contributed by atoms with Crippen LogP contribution in [0.5, 0.6) is 0 Å². The Labute approximate surface area is 155 Å². The van der Waals surface area contributed by atoms with E-state index in [1.807, 2.05) is 37.3 Å². The second kappa shape index (κ2) is 7.86. The molecule has 0 aliphatic carbocycles. The number of carbonyl (C=O) groups is 2. The first-order chi connectivity index (χ1) is 12.9. The van der Waals surface area contributed by atoms with Crippen LogP contribution in [0, 0.1) is 6.92 Å². The van der Waals surface area contributed by atoms with Crippen LogP contribution in [0.2, 0.25) is 0 Å². The van der Waals surface area contributed by atoms with Crippen LogP contribution in [0.1, 0.15) is 16.7 Å². The van der Waals surface area contributed by atoms with Crippen molar-refractivity contribution in [1.82, 2.24) is 5.32 Å². The molecule has 6 nitrogen and oxygen atoms in total. The molecule has 1 amide bonds. The highest BCUT2D eigenvalue weighted by Gasteiger charge is 2.21. The van der Waals surface area contributed by atoms with Crippen molar-refractivity contribution in [1.29, 1.82) is 0 Å². The lowest BCUT2D eigenvalue weighted by molar-refractivity contribution is -0.141. The quantitative estimate of drug-likeness (QED) is 0.654. The Morgan fingerprint density at radius 2 is 1.85 bits per heavy atom. The van der Waals surface area contributed by atoms with Crippen LogP contribution >= 0.6 is 0 Å². The maximum atomic E-state index is 12.5. The Bertz CT molecular complexity index is 1040. The van der Waals surface area contributed by atoms with E-state index in [2.05, 4.69) is 5.32 Å². The summed E-state index contributed by atoms with van der Waals surface area (Å²) in [5.41, 5.74) is 2.13. The smallest absolute Gasteiger partial charge is 0.336 e. The maximum absolute atomic E-state index is 12.5. The Morgan fingerprint density at radius 1 is 1.11 bits per heavy atom. The van der Waals surface area contributed by atoms with E-state index < -0.39 is 23.5 Å². The fourth-order valence-corrected chi connectivity index (χ4v) is 2.96. The first kappa shape index (κ1) is 18.4. The van der Waals surface area contributed by atoms with Crippen LogP contribution in [0.4, 0.5) is 0 Å². The van der Waals surface area contributed by atoms with Crippen molar-refractivity contribution in [3.8, 4) is 0 Å². The van der Waals surface area contributed by atoms with Crippen LogP contribution in [-0.4, -0.2) is 23.0 Å². The summed E-state index contributed by atoms with van der Waals surface area (Å²) in [6.07, 6.45) is 0.0722. The molecule has 0 bridgehead atoms. The highest BCUT2D eigenvalue weighted by Crippen LogP contribution is 2.19.